The minimum atomic E-state index is -0.229. The molecule has 0 radical (unpaired) electrons. The summed E-state index contributed by atoms with van der Waals surface area (Å²) in [5.41, 5.74) is 1.06. The van der Waals surface area contributed by atoms with E-state index >= 15 is 0 Å². The molecule has 0 saturated carbocycles. The molecule has 0 bridgehead atoms. The molecule has 0 spiro atoms. The first-order valence-corrected chi connectivity index (χ1v) is 6.73. The number of aromatic nitrogens is 3. The maximum absolute atomic E-state index is 12.8. The fourth-order valence-electron chi connectivity index (χ4n) is 2.36. The van der Waals surface area contributed by atoms with Crippen molar-refractivity contribution in [2.75, 3.05) is 0 Å². The van der Waals surface area contributed by atoms with Gasteiger partial charge in [-0.15, -0.1) is 0 Å². The smallest absolute Gasteiger partial charge is 0.268 e. The summed E-state index contributed by atoms with van der Waals surface area (Å²) in [6.07, 6.45) is 1.53. The first-order valence-electron chi connectivity index (χ1n) is 6.73. The number of benzene rings is 1. The van der Waals surface area contributed by atoms with Crippen molar-refractivity contribution in [1.29, 1.82) is 0 Å². The standard InChI is InChI=1S/C16H11N3O3/c1-10-9-14(22-18-10)19-15(13-7-4-8-21-13)17-12-6-3-2-5-11(12)16(19)20/h2-9H,1H3. The number of hydrogen-bond donors (Lipinski definition) is 0. The van der Waals surface area contributed by atoms with Gasteiger partial charge in [0.05, 0.1) is 22.9 Å². The minimum Gasteiger partial charge on any atom is -0.461 e. The molecule has 6 nitrogen and oxygen atoms in total. The molecule has 3 heterocycles. The third-order valence-corrected chi connectivity index (χ3v) is 3.35. The Morgan fingerprint density at radius 3 is 2.73 bits per heavy atom. The van der Waals surface area contributed by atoms with Crippen LogP contribution in [0.15, 0.2) is 62.5 Å². The molecule has 6 heteroatoms. The largest absolute Gasteiger partial charge is 0.461 e. The highest BCUT2D eigenvalue weighted by molar-refractivity contribution is 5.79. The lowest BCUT2D eigenvalue weighted by Gasteiger charge is -2.08. The summed E-state index contributed by atoms with van der Waals surface area (Å²) in [4.78, 5) is 17.4. The zero-order valence-electron chi connectivity index (χ0n) is 11.7. The fraction of sp³-hybridized carbons (Fsp3) is 0.0625. The van der Waals surface area contributed by atoms with Gasteiger partial charge in [0.15, 0.2) is 11.6 Å². The lowest BCUT2D eigenvalue weighted by Crippen LogP contribution is -2.21. The zero-order chi connectivity index (χ0) is 15.1. The van der Waals surface area contributed by atoms with Gasteiger partial charge in [0.2, 0.25) is 5.88 Å². The number of nitrogens with zero attached hydrogens (tertiary/aromatic N) is 3. The summed E-state index contributed by atoms with van der Waals surface area (Å²) < 4.78 is 12.0. The Morgan fingerprint density at radius 1 is 1.14 bits per heavy atom. The summed E-state index contributed by atoms with van der Waals surface area (Å²) in [6, 6.07) is 12.3. The Morgan fingerprint density at radius 2 is 2.00 bits per heavy atom. The van der Waals surface area contributed by atoms with Crippen LogP contribution in [0.5, 0.6) is 0 Å². The average molecular weight is 293 g/mol. The van der Waals surface area contributed by atoms with E-state index in [-0.39, 0.29) is 5.56 Å². The lowest BCUT2D eigenvalue weighted by molar-refractivity contribution is 0.399. The summed E-state index contributed by atoms with van der Waals surface area (Å²) in [5, 5.41) is 4.35. The zero-order valence-corrected chi connectivity index (χ0v) is 11.7. The molecule has 4 rings (SSSR count). The summed E-state index contributed by atoms with van der Waals surface area (Å²) in [6.45, 7) is 1.79. The van der Waals surface area contributed by atoms with E-state index in [0.29, 0.717) is 34.1 Å². The maximum atomic E-state index is 12.8. The van der Waals surface area contributed by atoms with Gasteiger partial charge in [-0.2, -0.15) is 0 Å². The molecule has 0 atom stereocenters. The van der Waals surface area contributed by atoms with Gasteiger partial charge in [0.1, 0.15) is 0 Å². The highest BCUT2D eigenvalue weighted by Crippen LogP contribution is 2.22. The van der Waals surface area contributed by atoms with Crippen molar-refractivity contribution >= 4 is 10.9 Å². The third kappa shape index (κ3) is 1.85. The van der Waals surface area contributed by atoms with Crippen molar-refractivity contribution < 1.29 is 8.94 Å². The molecule has 0 saturated heterocycles. The molecule has 0 aliphatic rings. The number of furan rings is 1. The first kappa shape index (κ1) is 12.6. The fourth-order valence-corrected chi connectivity index (χ4v) is 2.36. The molecule has 3 aromatic heterocycles. The molecule has 108 valence electrons. The maximum Gasteiger partial charge on any atom is 0.268 e. The van der Waals surface area contributed by atoms with Crippen LogP contribution in [0.2, 0.25) is 0 Å². The van der Waals surface area contributed by atoms with Gasteiger partial charge in [-0.05, 0) is 31.2 Å². The molecular weight excluding hydrogens is 282 g/mol. The molecule has 1 aromatic carbocycles. The first-order chi connectivity index (χ1) is 10.7. The van der Waals surface area contributed by atoms with Gasteiger partial charge in [-0.1, -0.05) is 17.3 Å². The van der Waals surface area contributed by atoms with Gasteiger partial charge >= 0.3 is 0 Å². The number of hydrogen-bond acceptors (Lipinski definition) is 5. The van der Waals surface area contributed by atoms with Crippen molar-refractivity contribution in [3.63, 3.8) is 0 Å². The molecule has 0 aliphatic carbocycles. The second-order valence-electron chi connectivity index (χ2n) is 4.88. The molecule has 0 fully saturated rings. The quantitative estimate of drug-likeness (QED) is 0.568. The Balaban J connectivity index is 2.14. The van der Waals surface area contributed by atoms with Crippen LogP contribution < -0.4 is 5.56 Å². The van der Waals surface area contributed by atoms with Crippen molar-refractivity contribution in [2.24, 2.45) is 0 Å². The molecule has 22 heavy (non-hydrogen) atoms. The SMILES string of the molecule is Cc1cc(-n2c(-c3ccco3)nc3ccccc3c2=O)on1. The lowest BCUT2D eigenvalue weighted by atomic mass is 10.2. The summed E-state index contributed by atoms with van der Waals surface area (Å²) in [7, 11) is 0. The topological polar surface area (TPSA) is 74.1 Å². The molecular formula is C16H11N3O3. The normalized spacial score (nSPS) is 11.1. The van der Waals surface area contributed by atoms with Crippen LogP contribution in [-0.2, 0) is 0 Å². The van der Waals surface area contributed by atoms with E-state index < -0.39 is 0 Å². The number of rotatable bonds is 2. The van der Waals surface area contributed by atoms with Gasteiger partial charge in [0.25, 0.3) is 5.56 Å². The van der Waals surface area contributed by atoms with E-state index in [1.54, 1.807) is 43.3 Å². The van der Waals surface area contributed by atoms with E-state index in [0.717, 1.165) is 0 Å². The Kier molecular flexibility index (Phi) is 2.69. The molecule has 0 unspecified atom stereocenters. The van der Waals surface area contributed by atoms with Crippen LogP contribution in [-0.4, -0.2) is 14.7 Å². The summed E-state index contributed by atoms with van der Waals surface area (Å²) >= 11 is 0. The molecule has 4 aromatic rings. The van der Waals surface area contributed by atoms with E-state index in [9.17, 15) is 4.79 Å². The third-order valence-electron chi connectivity index (χ3n) is 3.35. The van der Waals surface area contributed by atoms with Crippen molar-refractivity contribution in [3.05, 3.63) is 64.8 Å². The Labute approximate surface area is 124 Å². The van der Waals surface area contributed by atoms with Crippen LogP contribution in [0.4, 0.5) is 0 Å². The van der Waals surface area contributed by atoms with E-state index in [1.807, 2.05) is 6.07 Å². The Bertz CT molecular complexity index is 1010. The van der Waals surface area contributed by atoms with Gasteiger partial charge in [0, 0.05) is 6.07 Å². The van der Waals surface area contributed by atoms with Gasteiger partial charge in [-0.3, -0.25) is 4.79 Å². The van der Waals surface area contributed by atoms with E-state index in [1.165, 1.54) is 10.8 Å². The molecule has 0 aliphatic heterocycles. The van der Waals surface area contributed by atoms with Crippen molar-refractivity contribution in [3.8, 4) is 17.5 Å². The summed E-state index contributed by atoms with van der Waals surface area (Å²) in [5.74, 6) is 1.17. The monoisotopic (exact) mass is 293 g/mol. The Hall–Kier alpha value is -3.15. The number of para-hydroxylation sites is 1. The minimum absolute atomic E-state index is 0.229. The van der Waals surface area contributed by atoms with Gasteiger partial charge < -0.3 is 8.94 Å². The molecule has 0 amide bonds. The van der Waals surface area contributed by atoms with Crippen molar-refractivity contribution in [2.45, 2.75) is 6.92 Å². The number of fused-ring (bicyclic) bond motifs is 1. The predicted molar refractivity (Wildman–Crippen MR) is 79.8 cm³/mol. The van der Waals surface area contributed by atoms with Crippen molar-refractivity contribution in [1.82, 2.24) is 14.7 Å². The average Bonchev–Trinajstić information content (AvgIpc) is 3.19. The second-order valence-corrected chi connectivity index (χ2v) is 4.88. The number of aryl methyl sites for hydroxylation is 1. The second kappa shape index (κ2) is 4.70. The molecule has 0 N–H and O–H groups in total. The van der Waals surface area contributed by atoms with Crippen LogP contribution >= 0.6 is 0 Å². The van der Waals surface area contributed by atoms with E-state index in [4.69, 9.17) is 8.94 Å². The predicted octanol–water partition coefficient (Wildman–Crippen LogP) is 2.94. The highest BCUT2D eigenvalue weighted by Gasteiger charge is 2.18. The van der Waals surface area contributed by atoms with Crippen LogP contribution in [0, 0.1) is 6.92 Å². The highest BCUT2D eigenvalue weighted by atomic mass is 16.5. The van der Waals surface area contributed by atoms with E-state index in [2.05, 4.69) is 10.1 Å². The van der Waals surface area contributed by atoms with Crippen LogP contribution in [0.1, 0.15) is 5.69 Å². The van der Waals surface area contributed by atoms with Gasteiger partial charge in [-0.25, -0.2) is 9.55 Å². The van der Waals surface area contributed by atoms with Crippen LogP contribution in [0.3, 0.4) is 0 Å². The van der Waals surface area contributed by atoms with Crippen LogP contribution in [0.25, 0.3) is 28.4 Å².